The predicted molar refractivity (Wildman–Crippen MR) is 117 cm³/mol. The number of carbonyl (C=O) groups excluding carboxylic acids is 1. The van der Waals surface area contributed by atoms with E-state index in [4.69, 9.17) is 15.0 Å². The fraction of sp³-hybridized carbons (Fsp3) is 0.522. The Morgan fingerprint density at radius 2 is 2.00 bits per heavy atom. The Hall–Kier alpha value is -2.76. The van der Waals surface area contributed by atoms with E-state index < -0.39 is 5.60 Å². The molecule has 1 amide bonds. The van der Waals surface area contributed by atoms with Gasteiger partial charge in [-0.15, -0.1) is 0 Å². The van der Waals surface area contributed by atoms with Crippen molar-refractivity contribution in [3.8, 4) is 0 Å². The van der Waals surface area contributed by atoms with Crippen LogP contribution in [0.3, 0.4) is 0 Å². The first kappa shape index (κ1) is 21.9. The second-order valence-corrected chi connectivity index (χ2v) is 8.73. The fourth-order valence-electron chi connectivity index (χ4n) is 3.80. The lowest BCUT2D eigenvalue weighted by molar-refractivity contribution is 0.0146. The van der Waals surface area contributed by atoms with Crippen LogP contribution in [-0.2, 0) is 16.1 Å². The largest absolute Gasteiger partial charge is 0.444 e. The Labute approximate surface area is 177 Å². The molecule has 1 heterocycles. The van der Waals surface area contributed by atoms with Crippen molar-refractivity contribution in [1.82, 2.24) is 4.90 Å². The first-order valence-electron chi connectivity index (χ1n) is 10.5. The van der Waals surface area contributed by atoms with E-state index in [0.717, 1.165) is 24.8 Å². The van der Waals surface area contributed by atoms with Gasteiger partial charge in [-0.25, -0.2) is 4.79 Å². The quantitative estimate of drug-likeness (QED) is 0.249. The van der Waals surface area contributed by atoms with Gasteiger partial charge in [0.15, 0.2) is 0 Å². The van der Waals surface area contributed by atoms with Crippen molar-refractivity contribution in [1.29, 1.82) is 0 Å². The molecule has 160 valence electrons. The molecule has 0 unspecified atom stereocenters. The number of benzene rings is 2. The monoisotopic (exact) mass is 410 g/mol. The van der Waals surface area contributed by atoms with Gasteiger partial charge in [0.1, 0.15) is 5.60 Å². The molecular formula is C23H30N4O3. The molecule has 7 nitrogen and oxygen atoms in total. The number of hydrogen-bond acceptors (Lipinski definition) is 4. The molecule has 0 radical (unpaired) electrons. The topological polar surface area (TPSA) is 87.5 Å². The third kappa shape index (κ3) is 6.12. The number of likely N-dealkylation sites (tertiary alicyclic amines) is 1. The maximum atomic E-state index is 12.7. The molecule has 2 aromatic carbocycles. The average Bonchev–Trinajstić information content (AvgIpc) is 3.11. The van der Waals surface area contributed by atoms with Gasteiger partial charge in [-0.05, 0) is 68.0 Å². The SMILES string of the molecule is CC(C)(C)OC(=O)N1C[C@H](OCc2ccc3ccccc3c2)C[C@@H]1CCCN=[N+]=[N-]. The van der Waals surface area contributed by atoms with E-state index in [1.807, 2.05) is 32.9 Å². The zero-order valence-corrected chi connectivity index (χ0v) is 18.0. The Morgan fingerprint density at radius 1 is 1.23 bits per heavy atom. The first-order valence-corrected chi connectivity index (χ1v) is 10.5. The number of ether oxygens (including phenoxy) is 2. The molecule has 0 N–H and O–H groups in total. The van der Waals surface area contributed by atoms with Crippen molar-refractivity contribution in [2.45, 2.75) is 64.4 Å². The van der Waals surface area contributed by atoms with Crippen molar-refractivity contribution in [3.05, 3.63) is 58.5 Å². The fourth-order valence-corrected chi connectivity index (χ4v) is 3.80. The molecule has 0 spiro atoms. The van der Waals surface area contributed by atoms with Crippen LogP contribution in [0, 0.1) is 0 Å². The van der Waals surface area contributed by atoms with Crippen LogP contribution in [-0.4, -0.2) is 41.8 Å². The lowest BCUT2D eigenvalue weighted by Gasteiger charge is -2.28. The van der Waals surface area contributed by atoms with Crippen molar-refractivity contribution in [3.63, 3.8) is 0 Å². The van der Waals surface area contributed by atoms with E-state index in [0.29, 0.717) is 19.7 Å². The highest BCUT2D eigenvalue weighted by molar-refractivity contribution is 5.82. The molecule has 0 saturated carbocycles. The summed E-state index contributed by atoms with van der Waals surface area (Å²) in [5.74, 6) is 0. The number of rotatable bonds is 7. The second kappa shape index (κ2) is 9.83. The van der Waals surface area contributed by atoms with Crippen LogP contribution >= 0.6 is 0 Å². The van der Waals surface area contributed by atoms with Crippen LogP contribution in [0.1, 0.15) is 45.6 Å². The minimum atomic E-state index is -0.545. The number of fused-ring (bicyclic) bond motifs is 1. The molecule has 0 aromatic heterocycles. The van der Waals surface area contributed by atoms with Crippen molar-refractivity contribution < 1.29 is 14.3 Å². The maximum absolute atomic E-state index is 12.7. The molecule has 0 aliphatic carbocycles. The number of azide groups is 1. The summed E-state index contributed by atoms with van der Waals surface area (Å²) in [7, 11) is 0. The van der Waals surface area contributed by atoms with E-state index >= 15 is 0 Å². The molecule has 1 fully saturated rings. The zero-order chi connectivity index (χ0) is 21.6. The van der Waals surface area contributed by atoms with Crippen LogP contribution in [0.15, 0.2) is 47.6 Å². The number of amides is 1. The highest BCUT2D eigenvalue weighted by Crippen LogP contribution is 2.27. The highest BCUT2D eigenvalue weighted by atomic mass is 16.6. The first-order chi connectivity index (χ1) is 14.4. The normalized spacial score (nSPS) is 19.0. The number of carbonyl (C=O) groups is 1. The summed E-state index contributed by atoms with van der Waals surface area (Å²) in [6.45, 7) is 7.04. The van der Waals surface area contributed by atoms with E-state index in [1.54, 1.807) is 4.90 Å². The third-order valence-corrected chi connectivity index (χ3v) is 5.16. The van der Waals surface area contributed by atoms with Gasteiger partial charge >= 0.3 is 6.09 Å². The van der Waals surface area contributed by atoms with E-state index in [-0.39, 0.29) is 18.2 Å². The minimum Gasteiger partial charge on any atom is -0.444 e. The lowest BCUT2D eigenvalue weighted by atomic mass is 10.1. The molecule has 30 heavy (non-hydrogen) atoms. The molecule has 3 rings (SSSR count). The van der Waals surface area contributed by atoms with Gasteiger partial charge in [0.05, 0.1) is 19.3 Å². The molecule has 7 heteroatoms. The van der Waals surface area contributed by atoms with Gasteiger partial charge in [-0.3, -0.25) is 0 Å². The van der Waals surface area contributed by atoms with Gasteiger partial charge in [-0.1, -0.05) is 41.5 Å². The molecular weight excluding hydrogens is 380 g/mol. The number of hydrogen-bond donors (Lipinski definition) is 0. The maximum Gasteiger partial charge on any atom is 0.410 e. The molecule has 1 aliphatic heterocycles. The minimum absolute atomic E-state index is 0.0235. The zero-order valence-electron chi connectivity index (χ0n) is 18.0. The molecule has 2 atom stereocenters. The third-order valence-electron chi connectivity index (χ3n) is 5.16. The van der Waals surface area contributed by atoms with Gasteiger partial charge in [-0.2, -0.15) is 0 Å². The van der Waals surface area contributed by atoms with Crippen LogP contribution in [0.2, 0.25) is 0 Å². The summed E-state index contributed by atoms with van der Waals surface area (Å²) < 4.78 is 11.8. The van der Waals surface area contributed by atoms with E-state index in [1.165, 1.54) is 10.8 Å². The second-order valence-electron chi connectivity index (χ2n) is 8.73. The van der Waals surface area contributed by atoms with Crippen LogP contribution in [0.25, 0.3) is 21.2 Å². The number of nitrogens with zero attached hydrogens (tertiary/aromatic N) is 4. The Balaban J connectivity index is 1.62. The summed E-state index contributed by atoms with van der Waals surface area (Å²) in [5, 5.41) is 5.99. The smallest absolute Gasteiger partial charge is 0.410 e. The molecule has 1 aliphatic rings. The van der Waals surface area contributed by atoms with Crippen molar-refractivity contribution in [2.24, 2.45) is 5.11 Å². The standard InChI is InChI=1S/C23H30N4O3/c1-23(2,3)30-22(28)27-15-21(14-20(27)9-6-12-25-26-24)29-16-17-10-11-18-7-4-5-8-19(18)13-17/h4-5,7-8,10-11,13,20-21H,6,9,12,14-16H2,1-3H3/t20-,21+/m0/s1. The highest BCUT2D eigenvalue weighted by Gasteiger charge is 2.37. The average molecular weight is 411 g/mol. The Kier molecular flexibility index (Phi) is 7.19. The van der Waals surface area contributed by atoms with Crippen LogP contribution in [0.5, 0.6) is 0 Å². The molecule has 1 saturated heterocycles. The Morgan fingerprint density at radius 3 is 2.73 bits per heavy atom. The van der Waals surface area contributed by atoms with Gasteiger partial charge < -0.3 is 14.4 Å². The van der Waals surface area contributed by atoms with Crippen LogP contribution < -0.4 is 0 Å². The predicted octanol–water partition coefficient (Wildman–Crippen LogP) is 5.82. The summed E-state index contributed by atoms with van der Waals surface area (Å²) in [5.41, 5.74) is 9.04. The van der Waals surface area contributed by atoms with E-state index in [2.05, 4.69) is 40.4 Å². The lowest BCUT2D eigenvalue weighted by Crippen LogP contribution is -2.40. The Bertz CT molecular complexity index is 918. The summed E-state index contributed by atoms with van der Waals surface area (Å²) >= 11 is 0. The van der Waals surface area contributed by atoms with Crippen molar-refractivity contribution in [2.75, 3.05) is 13.1 Å². The van der Waals surface area contributed by atoms with Gasteiger partial charge in [0, 0.05) is 17.5 Å². The molecule has 2 aromatic rings. The van der Waals surface area contributed by atoms with Gasteiger partial charge in [0.2, 0.25) is 0 Å². The van der Waals surface area contributed by atoms with Crippen molar-refractivity contribution >= 4 is 16.9 Å². The van der Waals surface area contributed by atoms with Gasteiger partial charge in [0.25, 0.3) is 0 Å². The van der Waals surface area contributed by atoms with Crippen LogP contribution in [0.4, 0.5) is 4.79 Å². The van der Waals surface area contributed by atoms with E-state index in [9.17, 15) is 4.79 Å². The molecule has 0 bridgehead atoms. The summed E-state index contributed by atoms with van der Waals surface area (Å²) in [4.78, 5) is 17.3. The summed E-state index contributed by atoms with van der Waals surface area (Å²) in [6.07, 6.45) is 1.88. The summed E-state index contributed by atoms with van der Waals surface area (Å²) in [6, 6.07) is 14.6.